The molecule has 2 aromatic heterocycles. The molecule has 0 spiro atoms. The average molecular weight is 504 g/mol. The second-order valence-electron chi connectivity index (χ2n) is 8.89. The highest BCUT2D eigenvalue weighted by atomic mass is 32.1. The lowest BCUT2D eigenvalue weighted by Gasteiger charge is -2.36. The molecule has 36 heavy (non-hydrogen) atoms. The molecule has 1 fully saturated rings. The summed E-state index contributed by atoms with van der Waals surface area (Å²) in [5.41, 5.74) is 3.59. The fourth-order valence-corrected chi connectivity index (χ4v) is 5.62. The van der Waals surface area contributed by atoms with Crippen molar-refractivity contribution in [3.8, 4) is 22.9 Å². The standard InChI is InChI=1S/C26H25N5O4S/c1-14-8-17(18-9-15(10-27)4-6-22(18)35-3)19(11-28-14)24(32)30-26-29-20-12-31(13-23(20)36-26)25(33)16-5-7-21(16)34-2/h4,6,8-9,11,16,21H,5,7,12-13H2,1-3H3,(H,29,30,32)/t16-,21-/m1/s1. The van der Waals surface area contributed by atoms with Gasteiger partial charge in [-0.3, -0.25) is 19.9 Å². The zero-order valence-corrected chi connectivity index (χ0v) is 21.0. The number of methoxy groups -OCH3 is 2. The number of hydrogen-bond acceptors (Lipinski definition) is 8. The van der Waals surface area contributed by atoms with Crippen molar-refractivity contribution in [3.05, 3.63) is 57.9 Å². The van der Waals surface area contributed by atoms with Crippen LogP contribution in [0, 0.1) is 24.2 Å². The van der Waals surface area contributed by atoms with E-state index in [-0.39, 0.29) is 23.8 Å². The Bertz CT molecular complexity index is 1370. The minimum atomic E-state index is -0.361. The molecular formula is C26H25N5O4S. The van der Waals surface area contributed by atoms with E-state index in [4.69, 9.17) is 9.47 Å². The number of amides is 2. The second-order valence-corrected chi connectivity index (χ2v) is 9.98. The van der Waals surface area contributed by atoms with Crippen LogP contribution in [0.4, 0.5) is 5.13 Å². The molecule has 184 valence electrons. The van der Waals surface area contributed by atoms with Crippen molar-refractivity contribution in [2.75, 3.05) is 19.5 Å². The van der Waals surface area contributed by atoms with Crippen LogP contribution >= 0.6 is 11.3 Å². The van der Waals surface area contributed by atoms with Gasteiger partial charge in [-0.15, -0.1) is 0 Å². The van der Waals surface area contributed by atoms with Gasteiger partial charge < -0.3 is 14.4 Å². The summed E-state index contributed by atoms with van der Waals surface area (Å²) in [4.78, 5) is 37.8. The number of carbonyl (C=O) groups is 2. The van der Waals surface area contributed by atoms with Gasteiger partial charge >= 0.3 is 0 Å². The molecular weight excluding hydrogens is 478 g/mol. The molecule has 9 nitrogen and oxygen atoms in total. The molecule has 0 bridgehead atoms. The van der Waals surface area contributed by atoms with E-state index >= 15 is 0 Å². The number of nitrogens with zero attached hydrogens (tertiary/aromatic N) is 4. The number of benzene rings is 1. The van der Waals surface area contributed by atoms with Crippen molar-refractivity contribution in [2.45, 2.75) is 39.0 Å². The number of thiazole rings is 1. The van der Waals surface area contributed by atoms with Crippen LogP contribution in [0.3, 0.4) is 0 Å². The summed E-state index contributed by atoms with van der Waals surface area (Å²) >= 11 is 1.37. The molecule has 10 heteroatoms. The first kappa shape index (κ1) is 23.9. The van der Waals surface area contributed by atoms with Gasteiger partial charge in [0.2, 0.25) is 5.91 Å². The number of aryl methyl sites for hydroxylation is 1. The number of aromatic nitrogens is 2. The molecule has 1 aromatic carbocycles. The van der Waals surface area contributed by atoms with Gasteiger partial charge in [0.15, 0.2) is 5.13 Å². The number of carbonyl (C=O) groups excluding carboxylic acids is 2. The van der Waals surface area contributed by atoms with E-state index in [1.807, 2.05) is 11.8 Å². The summed E-state index contributed by atoms with van der Waals surface area (Å²) in [5.74, 6) is 0.216. The summed E-state index contributed by atoms with van der Waals surface area (Å²) < 4.78 is 10.9. The van der Waals surface area contributed by atoms with E-state index in [1.165, 1.54) is 17.5 Å². The van der Waals surface area contributed by atoms with Gasteiger partial charge in [0, 0.05) is 30.1 Å². The van der Waals surface area contributed by atoms with Gasteiger partial charge in [-0.1, -0.05) is 11.3 Å². The number of pyridine rings is 1. The van der Waals surface area contributed by atoms with Crippen molar-refractivity contribution in [1.82, 2.24) is 14.9 Å². The molecule has 3 aromatic rings. The lowest BCUT2D eigenvalue weighted by molar-refractivity contribution is -0.147. The van der Waals surface area contributed by atoms with Crippen LogP contribution in [0.25, 0.3) is 11.1 Å². The van der Waals surface area contributed by atoms with Crippen LogP contribution in [0.15, 0.2) is 30.5 Å². The van der Waals surface area contributed by atoms with E-state index in [2.05, 4.69) is 21.4 Å². The first-order valence-electron chi connectivity index (χ1n) is 11.6. The van der Waals surface area contributed by atoms with Crippen LogP contribution in [-0.2, 0) is 22.6 Å². The van der Waals surface area contributed by atoms with Crippen molar-refractivity contribution >= 4 is 28.3 Å². The molecule has 1 aliphatic heterocycles. The normalized spacial score (nSPS) is 18.2. The third-order valence-electron chi connectivity index (χ3n) is 6.72. The molecule has 1 aliphatic carbocycles. The maximum atomic E-state index is 13.3. The van der Waals surface area contributed by atoms with E-state index < -0.39 is 0 Å². The van der Waals surface area contributed by atoms with Crippen molar-refractivity contribution in [2.24, 2.45) is 5.92 Å². The minimum absolute atomic E-state index is 0.00346. The van der Waals surface area contributed by atoms with Gasteiger partial charge in [-0.2, -0.15) is 5.26 Å². The van der Waals surface area contributed by atoms with Crippen molar-refractivity contribution in [1.29, 1.82) is 5.26 Å². The topological polar surface area (TPSA) is 117 Å². The number of hydrogen-bond donors (Lipinski definition) is 1. The molecule has 0 unspecified atom stereocenters. The second kappa shape index (κ2) is 9.68. The van der Waals surface area contributed by atoms with E-state index in [0.717, 1.165) is 29.1 Å². The molecule has 5 rings (SSSR count). The lowest BCUT2D eigenvalue weighted by Crippen LogP contribution is -2.45. The molecule has 2 aliphatic rings. The molecule has 2 amide bonds. The Morgan fingerprint density at radius 1 is 1.19 bits per heavy atom. The van der Waals surface area contributed by atoms with Gasteiger partial charge in [-0.25, -0.2) is 4.98 Å². The third kappa shape index (κ3) is 4.32. The Morgan fingerprint density at radius 2 is 2.03 bits per heavy atom. The fraction of sp³-hybridized carbons (Fsp3) is 0.346. The van der Waals surface area contributed by atoms with Crippen LogP contribution in [0.2, 0.25) is 0 Å². The SMILES string of the molecule is COc1ccc(C#N)cc1-c1cc(C)ncc1C(=O)Nc1nc2c(s1)CN(C(=O)[C@@H]1CC[C@H]1OC)C2. The molecule has 1 N–H and O–H groups in total. The molecule has 0 radical (unpaired) electrons. The van der Waals surface area contributed by atoms with Gasteiger partial charge in [0.1, 0.15) is 5.75 Å². The first-order valence-corrected chi connectivity index (χ1v) is 12.4. The van der Waals surface area contributed by atoms with E-state index in [1.54, 1.807) is 38.5 Å². The third-order valence-corrected chi connectivity index (χ3v) is 7.72. The first-order chi connectivity index (χ1) is 17.4. The number of rotatable bonds is 6. The fourth-order valence-electron chi connectivity index (χ4n) is 4.63. The monoisotopic (exact) mass is 503 g/mol. The molecule has 2 atom stereocenters. The Balaban J connectivity index is 1.35. The minimum Gasteiger partial charge on any atom is -0.496 e. The number of ether oxygens (including phenoxy) is 2. The zero-order valence-electron chi connectivity index (χ0n) is 20.2. The highest BCUT2D eigenvalue weighted by Crippen LogP contribution is 2.37. The summed E-state index contributed by atoms with van der Waals surface area (Å²) in [6.45, 7) is 2.76. The molecule has 3 heterocycles. The predicted octanol–water partition coefficient (Wildman–Crippen LogP) is 3.91. The summed E-state index contributed by atoms with van der Waals surface area (Å²) in [5, 5.41) is 12.7. The summed E-state index contributed by atoms with van der Waals surface area (Å²) in [6.07, 6.45) is 3.29. The highest BCUT2D eigenvalue weighted by molar-refractivity contribution is 7.16. The average Bonchev–Trinajstić information content (AvgIpc) is 3.42. The Hall–Kier alpha value is -3.81. The van der Waals surface area contributed by atoms with Gasteiger partial charge in [0.05, 0.1) is 60.0 Å². The van der Waals surface area contributed by atoms with Crippen molar-refractivity contribution < 1.29 is 19.1 Å². The highest BCUT2D eigenvalue weighted by Gasteiger charge is 2.41. The van der Waals surface area contributed by atoms with Crippen LogP contribution < -0.4 is 10.1 Å². The number of anilines is 1. The Kier molecular flexibility index (Phi) is 6.43. The smallest absolute Gasteiger partial charge is 0.259 e. The number of nitriles is 1. The zero-order chi connectivity index (χ0) is 25.4. The van der Waals surface area contributed by atoms with Gasteiger partial charge in [-0.05, 0) is 44.0 Å². The van der Waals surface area contributed by atoms with Crippen LogP contribution in [0.5, 0.6) is 5.75 Å². The Morgan fingerprint density at radius 3 is 2.69 bits per heavy atom. The van der Waals surface area contributed by atoms with Crippen molar-refractivity contribution in [3.63, 3.8) is 0 Å². The van der Waals surface area contributed by atoms with E-state index in [9.17, 15) is 14.9 Å². The van der Waals surface area contributed by atoms with Crippen LogP contribution in [0.1, 0.15) is 45.0 Å². The molecule has 1 saturated carbocycles. The lowest BCUT2D eigenvalue weighted by atomic mass is 9.81. The van der Waals surface area contributed by atoms with Gasteiger partial charge in [0.25, 0.3) is 5.91 Å². The number of fused-ring (bicyclic) bond motifs is 1. The Labute approximate surface area is 212 Å². The molecule has 0 saturated heterocycles. The summed E-state index contributed by atoms with van der Waals surface area (Å²) in [7, 11) is 3.19. The van der Waals surface area contributed by atoms with E-state index in [0.29, 0.717) is 46.2 Å². The quantitative estimate of drug-likeness (QED) is 0.542. The largest absolute Gasteiger partial charge is 0.496 e. The maximum Gasteiger partial charge on any atom is 0.259 e. The predicted molar refractivity (Wildman–Crippen MR) is 134 cm³/mol. The maximum absolute atomic E-state index is 13.3. The van der Waals surface area contributed by atoms with Crippen LogP contribution in [-0.4, -0.2) is 47.0 Å². The number of nitrogens with one attached hydrogen (secondary N) is 1. The summed E-state index contributed by atoms with van der Waals surface area (Å²) in [6, 6.07) is 9.01.